The van der Waals surface area contributed by atoms with Crippen molar-refractivity contribution in [2.45, 2.75) is 81.7 Å². The molecular weight excluding hydrogens is 380 g/mol. The number of Topliss-reactive ketones (excluding diaryl/α,β-unsaturated/α-hetero) is 1. The zero-order valence-electron chi connectivity index (χ0n) is 15.5. The molecular formula is C21H31BrO3. The van der Waals surface area contributed by atoms with E-state index in [9.17, 15) is 9.90 Å². The zero-order valence-corrected chi connectivity index (χ0v) is 17.1. The second-order valence-corrected chi connectivity index (χ2v) is 11.5. The van der Waals surface area contributed by atoms with Crippen LogP contribution in [0.3, 0.4) is 0 Å². The lowest BCUT2D eigenvalue weighted by Crippen LogP contribution is -2.63. The molecule has 4 aliphatic carbocycles. The van der Waals surface area contributed by atoms with Crippen LogP contribution in [0.1, 0.15) is 65.2 Å². The van der Waals surface area contributed by atoms with Crippen molar-refractivity contribution < 1.29 is 14.6 Å². The molecule has 25 heavy (non-hydrogen) atoms. The first kappa shape index (κ1) is 17.2. The maximum Gasteiger partial charge on any atom is 0.133 e. The first-order valence-corrected chi connectivity index (χ1v) is 11.1. The van der Waals surface area contributed by atoms with Crippen LogP contribution in [-0.2, 0) is 9.53 Å². The normalized spacial score (nSPS) is 59.8. The van der Waals surface area contributed by atoms with Crippen molar-refractivity contribution in [2.24, 2.45) is 34.5 Å². The van der Waals surface area contributed by atoms with E-state index in [2.05, 4.69) is 22.9 Å². The molecule has 1 aliphatic heterocycles. The van der Waals surface area contributed by atoms with Gasteiger partial charge in [0.15, 0.2) is 0 Å². The van der Waals surface area contributed by atoms with Gasteiger partial charge in [-0.15, -0.1) is 0 Å². The van der Waals surface area contributed by atoms with Crippen molar-refractivity contribution >= 4 is 21.7 Å². The van der Waals surface area contributed by atoms with E-state index in [1.165, 1.54) is 19.3 Å². The van der Waals surface area contributed by atoms with Gasteiger partial charge in [-0.2, -0.15) is 0 Å². The molecule has 4 heteroatoms. The van der Waals surface area contributed by atoms with E-state index in [0.29, 0.717) is 23.5 Å². The molecule has 2 bridgehead atoms. The Bertz CT molecular complexity index is 608. The minimum Gasteiger partial charge on any atom is -0.393 e. The molecule has 5 fully saturated rings. The van der Waals surface area contributed by atoms with Gasteiger partial charge in [-0.25, -0.2) is 0 Å². The zero-order chi connectivity index (χ0) is 17.6. The number of hydrogen-bond acceptors (Lipinski definition) is 3. The largest absolute Gasteiger partial charge is 0.393 e. The van der Waals surface area contributed by atoms with Gasteiger partial charge in [0.2, 0.25) is 0 Å². The average molecular weight is 411 g/mol. The Morgan fingerprint density at radius 2 is 1.96 bits per heavy atom. The Morgan fingerprint density at radius 3 is 2.72 bits per heavy atom. The van der Waals surface area contributed by atoms with Crippen LogP contribution in [0, 0.1) is 34.5 Å². The fourth-order valence-electron chi connectivity index (χ4n) is 8.38. The summed E-state index contributed by atoms with van der Waals surface area (Å²) in [6.45, 7) is 5.09. The summed E-state index contributed by atoms with van der Waals surface area (Å²) in [5.41, 5.74) is 0.416. The lowest BCUT2D eigenvalue weighted by atomic mass is 9.44. The van der Waals surface area contributed by atoms with E-state index < -0.39 is 0 Å². The number of ketones is 1. The molecule has 0 aromatic carbocycles. The number of rotatable bonds is 1. The van der Waals surface area contributed by atoms with Gasteiger partial charge in [0.05, 0.1) is 23.1 Å². The Balaban J connectivity index is 1.52. The van der Waals surface area contributed by atoms with Crippen LogP contribution in [0.4, 0.5) is 0 Å². The van der Waals surface area contributed by atoms with Gasteiger partial charge >= 0.3 is 0 Å². The van der Waals surface area contributed by atoms with Crippen LogP contribution >= 0.6 is 15.9 Å². The van der Waals surface area contributed by atoms with Crippen molar-refractivity contribution in [2.75, 3.05) is 6.61 Å². The van der Waals surface area contributed by atoms with Gasteiger partial charge in [-0.3, -0.25) is 4.79 Å². The van der Waals surface area contributed by atoms with Gasteiger partial charge in [-0.05, 0) is 81.5 Å². The molecule has 3 nitrogen and oxygen atoms in total. The van der Waals surface area contributed by atoms with Crippen molar-refractivity contribution in [1.82, 2.24) is 0 Å². The van der Waals surface area contributed by atoms with Crippen LogP contribution in [0.2, 0.25) is 0 Å². The quantitative estimate of drug-likeness (QED) is 0.661. The molecule has 4 saturated carbocycles. The summed E-state index contributed by atoms with van der Waals surface area (Å²) >= 11 is 4.14. The van der Waals surface area contributed by atoms with Crippen LogP contribution in [0.25, 0.3) is 0 Å². The Morgan fingerprint density at radius 1 is 1.16 bits per heavy atom. The van der Waals surface area contributed by atoms with Crippen molar-refractivity contribution in [3.05, 3.63) is 0 Å². The number of carbonyl (C=O) groups excluding carboxylic acids is 1. The molecule has 140 valence electrons. The predicted octanol–water partition coefficient (Wildman–Crippen LogP) is 4.10. The number of carbonyl (C=O) groups is 1. The molecule has 5 aliphatic rings. The predicted molar refractivity (Wildman–Crippen MR) is 99.5 cm³/mol. The molecule has 1 saturated heterocycles. The van der Waals surface area contributed by atoms with Crippen LogP contribution in [-0.4, -0.2) is 34.0 Å². The molecule has 9 atom stereocenters. The van der Waals surface area contributed by atoms with Crippen molar-refractivity contribution in [3.8, 4) is 0 Å². The summed E-state index contributed by atoms with van der Waals surface area (Å²) in [6, 6.07) is 0. The first-order chi connectivity index (χ1) is 11.8. The average Bonchev–Trinajstić information content (AvgIpc) is 2.97. The Labute approximate surface area is 159 Å². The monoisotopic (exact) mass is 410 g/mol. The molecule has 0 aromatic heterocycles. The van der Waals surface area contributed by atoms with Crippen LogP contribution in [0.5, 0.6) is 0 Å². The van der Waals surface area contributed by atoms with Crippen molar-refractivity contribution in [3.63, 3.8) is 0 Å². The number of aliphatic hydroxyl groups excluding tert-OH is 1. The fourth-order valence-corrected chi connectivity index (χ4v) is 9.68. The molecule has 9 unspecified atom stereocenters. The van der Waals surface area contributed by atoms with E-state index >= 15 is 0 Å². The SMILES string of the molecule is CC(=O)C1CCC2C3CC4OCC5(CCC(O)CC45Br)C3CCC12C. The topological polar surface area (TPSA) is 46.5 Å². The number of ether oxygens (including phenoxy) is 1. The van der Waals surface area contributed by atoms with Crippen LogP contribution < -0.4 is 0 Å². The summed E-state index contributed by atoms with van der Waals surface area (Å²) in [4.78, 5) is 12.3. The Hall–Kier alpha value is 0.0700. The summed E-state index contributed by atoms with van der Waals surface area (Å²) in [5, 5.41) is 10.3. The fraction of sp³-hybridized carbons (Fsp3) is 0.952. The molecule has 5 rings (SSSR count). The van der Waals surface area contributed by atoms with Gasteiger partial charge < -0.3 is 9.84 Å². The van der Waals surface area contributed by atoms with E-state index in [1.807, 2.05) is 6.92 Å². The minimum atomic E-state index is -0.185. The maximum atomic E-state index is 12.3. The number of aliphatic hydroxyl groups is 1. The minimum absolute atomic E-state index is 0.0227. The highest BCUT2D eigenvalue weighted by Gasteiger charge is 2.72. The first-order valence-electron chi connectivity index (χ1n) is 10.3. The van der Waals surface area contributed by atoms with Crippen LogP contribution in [0.15, 0.2) is 0 Å². The third kappa shape index (κ3) is 1.97. The summed E-state index contributed by atoms with van der Waals surface area (Å²) in [5.74, 6) is 2.77. The molecule has 1 heterocycles. The lowest BCUT2D eigenvalue weighted by molar-refractivity contribution is -0.131. The highest BCUT2D eigenvalue weighted by molar-refractivity contribution is 9.10. The third-order valence-corrected chi connectivity index (χ3v) is 11.1. The van der Waals surface area contributed by atoms with E-state index in [1.54, 1.807) is 0 Å². The highest BCUT2D eigenvalue weighted by atomic mass is 79.9. The number of fused-ring (bicyclic) bond motifs is 3. The van der Waals surface area contributed by atoms with Gasteiger partial charge in [-0.1, -0.05) is 22.9 Å². The smallest absolute Gasteiger partial charge is 0.133 e. The van der Waals surface area contributed by atoms with E-state index in [0.717, 1.165) is 38.7 Å². The Kier molecular flexibility index (Phi) is 3.66. The second-order valence-electron chi connectivity index (χ2n) is 10.1. The molecule has 0 aromatic rings. The molecule has 0 spiro atoms. The van der Waals surface area contributed by atoms with Gasteiger partial charge in [0.1, 0.15) is 5.78 Å². The van der Waals surface area contributed by atoms with Gasteiger partial charge in [0.25, 0.3) is 0 Å². The third-order valence-electron chi connectivity index (χ3n) is 9.46. The van der Waals surface area contributed by atoms with E-state index in [4.69, 9.17) is 4.74 Å². The summed E-state index contributed by atoms with van der Waals surface area (Å²) in [7, 11) is 0. The summed E-state index contributed by atoms with van der Waals surface area (Å²) in [6.07, 6.45) is 8.79. The van der Waals surface area contributed by atoms with Gasteiger partial charge in [0, 0.05) is 11.3 Å². The second kappa shape index (κ2) is 5.32. The number of halogens is 1. The number of hydrogen-bond donors (Lipinski definition) is 1. The summed E-state index contributed by atoms with van der Waals surface area (Å²) < 4.78 is 6.37. The molecule has 1 N–H and O–H groups in total. The highest BCUT2D eigenvalue weighted by Crippen LogP contribution is 2.72. The standard InChI is InChI=1S/C21H31BrO3/c1-12(23)15-3-4-16-14-9-18-21(22)10-13(24)5-8-20(21,11-25-18)17(14)6-7-19(15,16)2/h13-18,24H,3-11H2,1-2H3. The number of alkyl halides is 1. The molecule has 0 radical (unpaired) electrons. The van der Waals surface area contributed by atoms with Crippen molar-refractivity contribution in [1.29, 1.82) is 0 Å². The molecule has 0 amide bonds. The lowest BCUT2D eigenvalue weighted by Gasteiger charge is -2.62. The maximum absolute atomic E-state index is 12.3. The van der Waals surface area contributed by atoms with E-state index in [-0.39, 0.29) is 33.3 Å².